The summed E-state index contributed by atoms with van der Waals surface area (Å²) >= 11 is 0. The molecule has 0 saturated heterocycles. The summed E-state index contributed by atoms with van der Waals surface area (Å²) in [5, 5.41) is 0. The zero-order valence-electron chi connectivity index (χ0n) is 9.87. The number of carbonyl (C=O) groups is 1. The molecule has 0 unspecified atom stereocenters. The summed E-state index contributed by atoms with van der Waals surface area (Å²) in [5.41, 5.74) is 1.98. The Morgan fingerprint density at radius 3 is 2.60 bits per heavy atom. The van der Waals surface area contributed by atoms with E-state index in [9.17, 15) is 4.79 Å². The monoisotopic (exact) mass is 206 g/mol. The molecule has 0 fully saturated rings. The van der Waals surface area contributed by atoms with Crippen molar-refractivity contribution in [3.63, 3.8) is 0 Å². The molecule has 1 rings (SSSR count). The van der Waals surface area contributed by atoms with E-state index in [1.54, 1.807) is 6.92 Å². The molecule has 0 aliphatic rings. The second-order valence-electron chi connectivity index (χ2n) is 4.39. The molecular weight excluding hydrogens is 188 g/mol. The van der Waals surface area contributed by atoms with Gasteiger partial charge in [-0.3, -0.25) is 4.79 Å². The SMILES string of the molecule is CC(=O)Cc1nc(C)cc(CC(C)C)n1. The smallest absolute Gasteiger partial charge is 0.137 e. The van der Waals surface area contributed by atoms with Gasteiger partial charge in [0.1, 0.15) is 11.6 Å². The van der Waals surface area contributed by atoms with Crippen molar-refractivity contribution in [3.05, 3.63) is 23.3 Å². The van der Waals surface area contributed by atoms with E-state index in [0.717, 1.165) is 17.8 Å². The van der Waals surface area contributed by atoms with Gasteiger partial charge in [-0.25, -0.2) is 9.97 Å². The molecular formula is C12H18N2O. The molecule has 1 heterocycles. The highest BCUT2D eigenvalue weighted by molar-refractivity contribution is 5.77. The average Bonchev–Trinajstić information content (AvgIpc) is 1.98. The summed E-state index contributed by atoms with van der Waals surface area (Å²) in [6, 6.07) is 1.99. The number of aryl methyl sites for hydroxylation is 1. The van der Waals surface area contributed by atoms with Gasteiger partial charge in [0.25, 0.3) is 0 Å². The predicted octanol–water partition coefficient (Wildman–Crippen LogP) is 2.12. The van der Waals surface area contributed by atoms with Gasteiger partial charge in [0.05, 0.1) is 6.42 Å². The van der Waals surface area contributed by atoms with E-state index in [0.29, 0.717) is 18.2 Å². The Kier molecular flexibility index (Phi) is 3.95. The Morgan fingerprint density at radius 1 is 1.40 bits per heavy atom. The summed E-state index contributed by atoms with van der Waals surface area (Å²) in [4.78, 5) is 19.6. The van der Waals surface area contributed by atoms with Crippen molar-refractivity contribution in [2.24, 2.45) is 5.92 Å². The molecule has 0 saturated carbocycles. The van der Waals surface area contributed by atoms with E-state index in [2.05, 4.69) is 23.8 Å². The lowest BCUT2D eigenvalue weighted by Gasteiger charge is -2.06. The molecule has 3 nitrogen and oxygen atoms in total. The second kappa shape index (κ2) is 5.01. The number of hydrogen-bond acceptors (Lipinski definition) is 3. The molecule has 0 aliphatic carbocycles. The average molecular weight is 206 g/mol. The third-order valence-corrected chi connectivity index (χ3v) is 1.98. The molecule has 0 atom stereocenters. The van der Waals surface area contributed by atoms with Gasteiger partial charge in [0, 0.05) is 11.4 Å². The maximum absolute atomic E-state index is 11.0. The zero-order chi connectivity index (χ0) is 11.4. The topological polar surface area (TPSA) is 42.9 Å². The third kappa shape index (κ3) is 4.19. The van der Waals surface area contributed by atoms with E-state index in [1.807, 2.05) is 13.0 Å². The Morgan fingerprint density at radius 2 is 2.07 bits per heavy atom. The number of hydrogen-bond donors (Lipinski definition) is 0. The largest absolute Gasteiger partial charge is 0.300 e. The van der Waals surface area contributed by atoms with Crippen LogP contribution in [0.1, 0.15) is 38.0 Å². The van der Waals surface area contributed by atoms with Crippen LogP contribution in [0.4, 0.5) is 0 Å². The van der Waals surface area contributed by atoms with E-state index in [4.69, 9.17) is 0 Å². The zero-order valence-corrected chi connectivity index (χ0v) is 9.87. The number of rotatable bonds is 4. The minimum absolute atomic E-state index is 0.107. The second-order valence-corrected chi connectivity index (χ2v) is 4.39. The quantitative estimate of drug-likeness (QED) is 0.757. The number of Topliss-reactive ketones (excluding diaryl/α,β-unsaturated/α-hetero) is 1. The lowest BCUT2D eigenvalue weighted by molar-refractivity contribution is -0.116. The van der Waals surface area contributed by atoms with Gasteiger partial charge in [-0.2, -0.15) is 0 Å². The minimum atomic E-state index is 0.107. The lowest BCUT2D eigenvalue weighted by Crippen LogP contribution is -2.07. The van der Waals surface area contributed by atoms with Gasteiger partial charge >= 0.3 is 0 Å². The van der Waals surface area contributed by atoms with E-state index < -0.39 is 0 Å². The van der Waals surface area contributed by atoms with Crippen LogP contribution in [0.15, 0.2) is 6.07 Å². The van der Waals surface area contributed by atoms with Crippen molar-refractivity contribution in [2.75, 3.05) is 0 Å². The van der Waals surface area contributed by atoms with Gasteiger partial charge in [0.15, 0.2) is 0 Å². The Balaban J connectivity index is 2.89. The molecule has 1 aromatic heterocycles. The van der Waals surface area contributed by atoms with Crippen molar-refractivity contribution in [2.45, 2.75) is 40.5 Å². The van der Waals surface area contributed by atoms with Crippen LogP contribution < -0.4 is 0 Å². The molecule has 1 aromatic rings. The van der Waals surface area contributed by atoms with Crippen LogP contribution in [0, 0.1) is 12.8 Å². The highest BCUT2D eigenvalue weighted by Crippen LogP contribution is 2.07. The van der Waals surface area contributed by atoms with Gasteiger partial charge in [0.2, 0.25) is 0 Å². The van der Waals surface area contributed by atoms with E-state index in [-0.39, 0.29) is 5.78 Å². The maximum Gasteiger partial charge on any atom is 0.137 e. The molecule has 0 N–H and O–H groups in total. The molecule has 15 heavy (non-hydrogen) atoms. The Labute approximate surface area is 91.0 Å². The highest BCUT2D eigenvalue weighted by atomic mass is 16.1. The standard InChI is InChI=1S/C12H18N2O/c1-8(2)5-11-6-9(3)13-12(14-11)7-10(4)15/h6,8H,5,7H2,1-4H3. The highest BCUT2D eigenvalue weighted by Gasteiger charge is 2.06. The molecule has 0 aliphatic heterocycles. The Hall–Kier alpha value is -1.25. The van der Waals surface area contributed by atoms with Gasteiger partial charge in [-0.15, -0.1) is 0 Å². The van der Waals surface area contributed by atoms with E-state index in [1.165, 1.54) is 0 Å². The van der Waals surface area contributed by atoms with Crippen molar-refractivity contribution in [1.82, 2.24) is 9.97 Å². The third-order valence-electron chi connectivity index (χ3n) is 1.98. The van der Waals surface area contributed by atoms with Gasteiger partial charge < -0.3 is 0 Å². The van der Waals surface area contributed by atoms with Gasteiger partial charge in [-0.05, 0) is 32.3 Å². The van der Waals surface area contributed by atoms with Crippen LogP contribution >= 0.6 is 0 Å². The lowest BCUT2D eigenvalue weighted by atomic mass is 10.1. The van der Waals surface area contributed by atoms with Crippen molar-refractivity contribution in [3.8, 4) is 0 Å². The van der Waals surface area contributed by atoms with Crippen molar-refractivity contribution >= 4 is 5.78 Å². The maximum atomic E-state index is 11.0. The molecule has 3 heteroatoms. The predicted molar refractivity (Wildman–Crippen MR) is 59.7 cm³/mol. The first-order valence-electron chi connectivity index (χ1n) is 5.30. The fourth-order valence-corrected chi connectivity index (χ4v) is 1.52. The summed E-state index contributed by atoms with van der Waals surface area (Å²) in [6.07, 6.45) is 1.28. The number of ketones is 1. The molecule has 82 valence electrons. The first kappa shape index (κ1) is 11.8. The molecule has 0 bridgehead atoms. The minimum Gasteiger partial charge on any atom is -0.300 e. The van der Waals surface area contributed by atoms with Crippen LogP contribution in [0.3, 0.4) is 0 Å². The molecule has 0 spiro atoms. The van der Waals surface area contributed by atoms with Gasteiger partial charge in [-0.1, -0.05) is 13.8 Å². The fourth-order valence-electron chi connectivity index (χ4n) is 1.52. The molecule has 0 aromatic carbocycles. The first-order valence-corrected chi connectivity index (χ1v) is 5.30. The van der Waals surface area contributed by atoms with Crippen LogP contribution in [0.25, 0.3) is 0 Å². The summed E-state index contributed by atoms with van der Waals surface area (Å²) < 4.78 is 0. The molecule has 0 radical (unpaired) electrons. The van der Waals surface area contributed by atoms with Crippen LogP contribution in [0.2, 0.25) is 0 Å². The van der Waals surface area contributed by atoms with Crippen molar-refractivity contribution < 1.29 is 4.79 Å². The van der Waals surface area contributed by atoms with Crippen LogP contribution in [-0.4, -0.2) is 15.8 Å². The number of nitrogens with zero attached hydrogens (tertiary/aromatic N) is 2. The Bertz CT molecular complexity index is 359. The first-order chi connectivity index (χ1) is 6.97. The van der Waals surface area contributed by atoms with Crippen LogP contribution in [-0.2, 0) is 17.6 Å². The molecule has 0 amide bonds. The fraction of sp³-hybridized carbons (Fsp3) is 0.583. The summed E-state index contributed by atoms with van der Waals surface area (Å²) in [6.45, 7) is 7.81. The number of carbonyl (C=O) groups excluding carboxylic acids is 1. The van der Waals surface area contributed by atoms with E-state index >= 15 is 0 Å². The summed E-state index contributed by atoms with van der Waals surface area (Å²) in [7, 11) is 0. The van der Waals surface area contributed by atoms with Crippen LogP contribution in [0.5, 0.6) is 0 Å². The summed E-state index contributed by atoms with van der Waals surface area (Å²) in [5.74, 6) is 1.33. The number of aromatic nitrogens is 2. The normalized spacial score (nSPS) is 10.7. The van der Waals surface area contributed by atoms with Crippen molar-refractivity contribution in [1.29, 1.82) is 0 Å².